The molecule has 0 aliphatic heterocycles. The number of aliphatic carboxylic acids is 1. The molecule has 1 aliphatic carbocycles. The van der Waals surface area contributed by atoms with Crippen LogP contribution in [0.3, 0.4) is 0 Å². The molecule has 1 fully saturated rings. The molecule has 19 heavy (non-hydrogen) atoms. The van der Waals surface area contributed by atoms with Gasteiger partial charge < -0.3 is 26.0 Å². The van der Waals surface area contributed by atoms with Gasteiger partial charge in [0, 0.05) is 12.5 Å². The van der Waals surface area contributed by atoms with Gasteiger partial charge in [-0.2, -0.15) is 0 Å². The van der Waals surface area contributed by atoms with Crippen LogP contribution < -0.4 is 5.73 Å². The van der Waals surface area contributed by atoms with E-state index < -0.39 is 24.5 Å². The minimum Gasteiger partial charge on any atom is -0.480 e. The van der Waals surface area contributed by atoms with Crippen molar-refractivity contribution in [2.45, 2.75) is 37.5 Å². The largest absolute Gasteiger partial charge is 0.480 e. The van der Waals surface area contributed by atoms with Crippen molar-refractivity contribution in [3.05, 3.63) is 0 Å². The van der Waals surface area contributed by atoms with Gasteiger partial charge in [0.1, 0.15) is 5.54 Å². The summed E-state index contributed by atoms with van der Waals surface area (Å²) in [7, 11) is -1.36. The number of carbonyl (C=O) groups is 1. The van der Waals surface area contributed by atoms with Crippen molar-refractivity contribution in [2.75, 3.05) is 6.61 Å². The van der Waals surface area contributed by atoms with Crippen LogP contribution >= 0.6 is 24.8 Å². The number of rotatable bonds is 5. The zero-order valence-corrected chi connectivity index (χ0v) is 12.2. The lowest BCUT2D eigenvalue weighted by Crippen LogP contribution is -2.58. The van der Waals surface area contributed by atoms with Crippen molar-refractivity contribution in [1.82, 2.24) is 0 Å². The number of aliphatic hydroxyl groups is 1. The lowest BCUT2D eigenvalue weighted by atomic mass is 9.66. The molecule has 0 aromatic carbocycles. The Balaban J connectivity index is 0. The Morgan fingerprint density at radius 1 is 1.32 bits per heavy atom. The van der Waals surface area contributed by atoms with E-state index in [2.05, 4.69) is 0 Å². The number of carboxylic acid groups (broad SMARTS) is 1. The third kappa shape index (κ3) is 5.45. The van der Waals surface area contributed by atoms with Gasteiger partial charge in [0.05, 0.1) is 0 Å². The summed E-state index contributed by atoms with van der Waals surface area (Å²) in [6.07, 6.45) is 2.38. The van der Waals surface area contributed by atoms with Gasteiger partial charge in [0.25, 0.3) is 0 Å². The highest BCUT2D eigenvalue weighted by Crippen LogP contribution is 2.37. The molecule has 1 aliphatic rings. The number of halogens is 2. The van der Waals surface area contributed by atoms with Crippen LogP contribution in [-0.4, -0.2) is 45.5 Å². The molecule has 1 rings (SSSR count). The minimum absolute atomic E-state index is 0. The van der Waals surface area contributed by atoms with Crippen molar-refractivity contribution in [3.8, 4) is 0 Å². The molecule has 3 atom stereocenters. The molecule has 0 bridgehead atoms. The molecule has 1 saturated carbocycles. The first kappa shape index (κ1) is 21.3. The summed E-state index contributed by atoms with van der Waals surface area (Å²) >= 11 is 0. The maximum absolute atomic E-state index is 11.2. The van der Waals surface area contributed by atoms with Crippen LogP contribution in [0.25, 0.3) is 0 Å². The summed E-state index contributed by atoms with van der Waals surface area (Å²) in [5.41, 5.74) is 4.48. The van der Waals surface area contributed by atoms with Gasteiger partial charge in [-0.3, -0.25) is 4.79 Å². The van der Waals surface area contributed by atoms with Gasteiger partial charge in [0.2, 0.25) is 0 Å². The molecule has 0 saturated heterocycles. The fraction of sp³-hybridized carbons (Fsp3) is 0.900. The normalized spacial score (nSPS) is 29.9. The first-order valence-corrected chi connectivity index (χ1v) is 5.89. The average molecular weight is 318 g/mol. The fourth-order valence-electron chi connectivity index (χ4n) is 2.59. The van der Waals surface area contributed by atoms with Crippen molar-refractivity contribution in [2.24, 2.45) is 17.6 Å². The second-order valence-electron chi connectivity index (χ2n) is 4.93. The van der Waals surface area contributed by atoms with E-state index >= 15 is 0 Å². The van der Waals surface area contributed by atoms with E-state index in [9.17, 15) is 4.79 Å². The molecular formula is C10H22BCl2NO5. The highest BCUT2D eigenvalue weighted by atomic mass is 35.5. The number of aliphatic hydroxyl groups excluding tert-OH is 1. The molecule has 0 spiro atoms. The van der Waals surface area contributed by atoms with Crippen LogP contribution in [0.1, 0.15) is 25.7 Å². The lowest BCUT2D eigenvalue weighted by molar-refractivity contribution is -0.149. The molecule has 0 aromatic heterocycles. The Bertz CT molecular complexity index is 285. The van der Waals surface area contributed by atoms with Crippen LogP contribution in [0.15, 0.2) is 0 Å². The first-order valence-electron chi connectivity index (χ1n) is 5.89. The summed E-state index contributed by atoms with van der Waals surface area (Å²) in [5, 5.41) is 35.9. The van der Waals surface area contributed by atoms with Crippen LogP contribution in [0.5, 0.6) is 0 Å². The SMILES string of the molecule is Cl.Cl.NC1(C(=O)O)CC(CCB(O)O)CCC1CO. The number of carboxylic acids is 1. The van der Waals surface area contributed by atoms with Crippen molar-refractivity contribution in [3.63, 3.8) is 0 Å². The van der Waals surface area contributed by atoms with Gasteiger partial charge in [0.15, 0.2) is 0 Å². The number of hydrogen-bond acceptors (Lipinski definition) is 5. The lowest BCUT2D eigenvalue weighted by Gasteiger charge is -2.40. The van der Waals surface area contributed by atoms with Crippen molar-refractivity contribution < 1.29 is 25.1 Å². The van der Waals surface area contributed by atoms with E-state index in [1.165, 1.54) is 0 Å². The van der Waals surface area contributed by atoms with Crippen LogP contribution in [0.2, 0.25) is 6.32 Å². The summed E-state index contributed by atoms with van der Waals surface area (Å²) in [6, 6.07) is 0. The van der Waals surface area contributed by atoms with E-state index in [0.29, 0.717) is 12.8 Å². The minimum atomic E-state index is -1.39. The van der Waals surface area contributed by atoms with Crippen LogP contribution in [0.4, 0.5) is 0 Å². The third-order valence-corrected chi connectivity index (χ3v) is 3.73. The van der Waals surface area contributed by atoms with Gasteiger partial charge in [-0.25, -0.2) is 0 Å². The molecule has 0 amide bonds. The predicted molar refractivity (Wildman–Crippen MR) is 76.6 cm³/mol. The van der Waals surface area contributed by atoms with Gasteiger partial charge in [-0.1, -0.05) is 6.42 Å². The maximum Gasteiger partial charge on any atom is 0.451 e. The molecule has 114 valence electrons. The molecule has 0 heterocycles. The number of nitrogens with two attached hydrogens (primary N) is 1. The molecular weight excluding hydrogens is 296 g/mol. The standard InChI is InChI=1S/C10H20BNO5.2ClH/c12-10(9(14)15)5-7(3-4-11(16)17)1-2-8(10)6-13;;/h7-8,13,16-17H,1-6,12H2,(H,14,15);2*1H. The van der Waals surface area contributed by atoms with E-state index in [0.717, 1.165) is 6.42 Å². The average Bonchev–Trinajstić information content (AvgIpc) is 2.26. The Morgan fingerprint density at radius 2 is 1.89 bits per heavy atom. The molecule has 6 N–H and O–H groups in total. The monoisotopic (exact) mass is 317 g/mol. The Morgan fingerprint density at radius 3 is 2.32 bits per heavy atom. The highest BCUT2D eigenvalue weighted by molar-refractivity contribution is 6.40. The van der Waals surface area contributed by atoms with E-state index in [-0.39, 0.29) is 50.1 Å². The van der Waals surface area contributed by atoms with Gasteiger partial charge in [-0.15, -0.1) is 24.8 Å². The molecule has 0 aromatic rings. The molecule has 9 heteroatoms. The summed E-state index contributed by atoms with van der Waals surface area (Å²) < 4.78 is 0. The first-order chi connectivity index (χ1) is 7.90. The Kier molecular flexibility index (Phi) is 10.1. The zero-order chi connectivity index (χ0) is 13.1. The molecule has 3 unspecified atom stereocenters. The highest BCUT2D eigenvalue weighted by Gasteiger charge is 2.46. The zero-order valence-electron chi connectivity index (χ0n) is 10.6. The second-order valence-corrected chi connectivity index (χ2v) is 4.93. The van der Waals surface area contributed by atoms with Crippen LogP contribution in [0, 0.1) is 11.8 Å². The Labute approximate surface area is 125 Å². The summed E-state index contributed by atoms with van der Waals surface area (Å²) in [4.78, 5) is 11.2. The third-order valence-electron chi connectivity index (χ3n) is 3.73. The number of hydrogen-bond donors (Lipinski definition) is 5. The van der Waals surface area contributed by atoms with Gasteiger partial charge in [-0.05, 0) is 31.5 Å². The van der Waals surface area contributed by atoms with Crippen molar-refractivity contribution >= 4 is 37.9 Å². The summed E-state index contributed by atoms with van der Waals surface area (Å²) in [6.45, 7) is -0.224. The van der Waals surface area contributed by atoms with Crippen molar-refractivity contribution in [1.29, 1.82) is 0 Å². The predicted octanol–water partition coefficient (Wildman–Crippen LogP) is -0.116. The summed E-state index contributed by atoms with van der Waals surface area (Å²) in [5.74, 6) is -1.44. The molecule has 6 nitrogen and oxygen atoms in total. The smallest absolute Gasteiger partial charge is 0.451 e. The van der Waals surface area contributed by atoms with Gasteiger partial charge >= 0.3 is 13.1 Å². The molecule has 0 radical (unpaired) electrons. The van der Waals surface area contributed by atoms with E-state index in [1.54, 1.807) is 0 Å². The topological polar surface area (TPSA) is 124 Å². The fourth-order valence-corrected chi connectivity index (χ4v) is 2.59. The van der Waals surface area contributed by atoms with E-state index in [4.69, 9.17) is 26.0 Å². The van der Waals surface area contributed by atoms with E-state index in [1.807, 2.05) is 0 Å². The quantitative estimate of drug-likeness (QED) is 0.450. The Hall–Kier alpha value is -0.0451. The van der Waals surface area contributed by atoms with Crippen LogP contribution in [-0.2, 0) is 4.79 Å². The maximum atomic E-state index is 11.2. The second kappa shape index (κ2) is 8.99.